The molecule has 0 spiro atoms. The van der Waals surface area contributed by atoms with Crippen LogP contribution in [0.1, 0.15) is 41.5 Å². The zero-order valence-corrected chi connectivity index (χ0v) is 12.0. The van der Waals surface area contributed by atoms with Gasteiger partial charge in [0, 0.05) is 4.90 Å². The molecule has 0 aliphatic heterocycles. The summed E-state index contributed by atoms with van der Waals surface area (Å²) in [5, 5.41) is 0. The Morgan fingerprint density at radius 1 is 0.692 bits per heavy atom. The van der Waals surface area contributed by atoms with E-state index in [4.69, 9.17) is 0 Å². The summed E-state index contributed by atoms with van der Waals surface area (Å²) in [7, 11) is 0.557. The molecule has 0 heterocycles. The molecule has 0 aromatic rings. The molecular weight excluding hydrogens is 194 g/mol. The highest BCUT2D eigenvalue weighted by atomic mass is 31.2. The highest BCUT2D eigenvalue weighted by Gasteiger charge is 2.32. The van der Waals surface area contributed by atoms with Gasteiger partial charge in [0.05, 0.1) is 0 Å². The fourth-order valence-electron chi connectivity index (χ4n) is 2.19. The van der Waals surface area contributed by atoms with Crippen LogP contribution >= 0.6 is 15.8 Å². The summed E-state index contributed by atoms with van der Waals surface area (Å²) < 4.78 is 0. The second-order valence-corrected chi connectivity index (χ2v) is 11.1. The Morgan fingerprint density at radius 2 is 0.923 bits per heavy atom. The summed E-state index contributed by atoms with van der Waals surface area (Å²) in [6.45, 7) is 14.5. The Labute approximate surface area is 87.4 Å². The van der Waals surface area contributed by atoms with Crippen LogP contribution in [-0.2, 0) is 0 Å². The first-order chi connectivity index (χ1) is 6.04. The molecule has 0 saturated carbocycles. The van der Waals surface area contributed by atoms with Crippen molar-refractivity contribution < 1.29 is 0 Å². The van der Waals surface area contributed by atoms with Crippen molar-refractivity contribution in [3.63, 3.8) is 0 Å². The maximum Gasteiger partial charge on any atom is 0.00493 e. The zero-order valence-electron chi connectivity index (χ0n) is 10.2. The molecule has 0 fully saturated rings. The first kappa shape index (κ1) is 13.9. The summed E-state index contributed by atoms with van der Waals surface area (Å²) in [6, 6.07) is 0. The predicted molar refractivity (Wildman–Crippen MR) is 70.1 cm³/mol. The standard InChI is InChI=1S/C11H26P2/c1-7-12(8-2)11(5,6)13(9-3)10-4/h7-10H2,1-6H3. The molecule has 0 bridgehead atoms. The lowest BCUT2D eigenvalue weighted by Gasteiger charge is -2.40. The van der Waals surface area contributed by atoms with Crippen molar-refractivity contribution in [2.75, 3.05) is 24.6 Å². The summed E-state index contributed by atoms with van der Waals surface area (Å²) >= 11 is 0. The van der Waals surface area contributed by atoms with Gasteiger partial charge < -0.3 is 0 Å². The minimum Gasteiger partial charge on any atom is -0.0970 e. The molecule has 0 saturated heterocycles. The Bertz CT molecular complexity index is 110. The van der Waals surface area contributed by atoms with Gasteiger partial charge in [0.2, 0.25) is 0 Å². The number of hydrogen-bond acceptors (Lipinski definition) is 0. The van der Waals surface area contributed by atoms with Gasteiger partial charge in [-0.05, 0) is 24.6 Å². The van der Waals surface area contributed by atoms with E-state index in [2.05, 4.69) is 41.5 Å². The average molecular weight is 220 g/mol. The van der Waals surface area contributed by atoms with Gasteiger partial charge in [-0.25, -0.2) is 0 Å². The third-order valence-corrected chi connectivity index (χ3v) is 10.9. The summed E-state index contributed by atoms with van der Waals surface area (Å²) in [5.74, 6) is 0. The highest BCUT2D eigenvalue weighted by Crippen LogP contribution is 2.65. The lowest BCUT2D eigenvalue weighted by Crippen LogP contribution is -2.19. The van der Waals surface area contributed by atoms with Crippen molar-refractivity contribution >= 4 is 15.8 Å². The molecule has 0 amide bonds. The van der Waals surface area contributed by atoms with E-state index in [1.54, 1.807) is 0 Å². The SMILES string of the molecule is CCP(CC)C(C)(C)P(CC)CC. The van der Waals surface area contributed by atoms with Crippen molar-refractivity contribution in [2.45, 2.75) is 46.4 Å². The van der Waals surface area contributed by atoms with Gasteiger partial charge in [-0.1, -0.05) is 57.4 Å². The minimum absolute atomic E-state index is 0.278. The maximum absolute atomic E-state index is 2.52. The van der Waals surface area contributed by atoms with Gasteiger partial charge in [-0.2, -0.15) is 0 Å². The number of hydrogen-bond donors (Lipinski definition) is 0. The van der Waals surface area contributed by atoms with Gasteiger partial charge in [-0.3, -0.25) is 0 Å². The van der Waals surface area contributed by atoms with E-state index < -0.39 is 0 Å². The van der Waals surface area contributed by atoms with E-state index in [1.807, 2.05) is 0 Å². The van der Waals surface area contributed by atoms with Crippen LogP contribution in [0.25, 0.3) is 0 Å². The average Bonchev–Trinajstić information content (AvgIpc) is 2.07. The molecule has 0 aliphatic carbocycles. The van der Waals surface area contributed by atoms with Gasteiger partial charge in [-0.15, -0.1) is 0 Å². The summed E-state index contributed by atoms with van der Waals surface area (Å²) in [6.07, 6.45) is 5.66. The summed E-state index contributed by atoms with van der Waals surface area (Å²) in [5.41, 5.74) is 0. The molecule has 80 valence electrons. The number of rotatable bonds is 6. The quantitative estimate of drug-likeness (QED) is 0.566. The van der Waals surface area contributed by atoms with E-state index in [9.17, 15) is 0 Å². The minimum atomic E-state index is 0.278. The molecule has 0 N–H and O–H groups in total. The lowest BCUT2D eigenvalue weighted by molar-refractivity contribution is 0.961. The van der Waals surface area contributed by atoms with Crippen LogP contribution in [0.3, 0.4) is 0 Å². The molecule has 0 aliphatic rings. The molecule has 2 heteroatoms. The van der Waals surface area contributed by atoms with E-state index >= 15 is 0 Å². The molecule has 0 nitrogen and oxygen atoms in total. The Kier molecular flexibility index (Phi) is 6.78. The van der Waals surface area contributed by atoms with Gasteiger partial charge >= 0.3 is 0 Å². The first-order valence-electron chi connectivity index (χ1n) is 5.54. The molecule has 0 aromatic carbocycles. The van der Waals surface area contributed by atoms with Gasteiger partial charge in [0.1, 0.15) is 0 Å². The van der Waals surface area contributed by atoms with Crippen molar-refractivity contribution in [1.82, 2.24) is 0 Å². The molecule has 0 aromatic heterocycles. The monoisotopic (exact) mass is 220 g/mol. The third-order valence-electron chi connectivity index (χ3n) is 3.07. The second-order valence-electron chi connectivity index (χ2n) is 3.84. The third kappa shape index (κ3) is 3.49. The Morgan fingerprint density at radius 3 is 1.08 bits per heavy atom. The fraction of sp³-hybridized carbons (Fsp3) is 1.00. The molecule has 0 radical (unpaired) electrons. The van der Waals surface area contributed by atoms with Crippen LogP contribution in [0.15, 0.2) is 0 Å². The van der Waals surface area contributed by atoms with Crippen LogP contribution in [-0.4, -0.2) is 29.5 Å². The van der Waals surface area contributed by atoms with Crippen LogP contribution in [0.5, 0.6) is 0 Å². The lowest BCUT2D eigenvalue weighted by atomic mass is 10.5. The summed E-state index contributed by atoms with van der Waals surface area (Å²) in [4.78, 5) is 0.664. The molecule has 0 unspecified atom stereocenters. The van der Waals surface area contributed by atoms with Crippen LogP contribution in [0.2, 0.25) is 0 Å². The molecular formula is C11H26P2. The fourth-order valence-corrected chi connectivity index (χ4v) is 9.48. The van der Waals surface area contributed by atoms with E-state index in [0.29, 0.717) is 4.90 Å². The van der Waals surface area contributed by atoms with Gasteiger partial charge in [0.25, 0.3) is 0 Å². The van der Waals surface area contributed by atoms with Crippen molar-refractivity contribution in [1.29, 1.82) is 0 Å². The molecule has 0 atom stereocenters. The normalized spacial score (nSPS) is 12.9. The van der Waals surface area contributed by atoms with E-state index in [1.165, 1.54) is 24.6 Å². The highest BCUT2D eigenvalue weighted by molar-refractivity contribution is 7.77. The molecule has 0 rings (SSSR count). The van der Waals surface area contributed by atoms with E-state index in [-0.39, 0.29) is 15.8 Å². The smallest absolute Gasteiger partial charge is 0.00493 e. The first-order valence-corrected chi connectivity index (χ1v) is 8.96. The van der Waals surface area contributed by atoms with E-state index in [0.717, 1.165) is 0 Å². The van der Waals surface area contributed by atoms with Crippen LogP contribution < -0.4 is 0 Å². The second kappa shape index (κ2) is 6.36. The largest absolute Gasteiger partial charge is 0.0970 e. The topological polar surface area (TPSA) is 0 Å². The Balaban J connectivity index is 4.48. The predicted octanol–water partition coefficient (Wildman–Crippen LogP) is 4.77. The van der Waals surface area contributed by atoms with Crippen molar-refractivity contribution in [3.8, 4) is 0 Å². The van der Waals surface area contributed by atoms with Crippen molar-refractivity contribution in [2.24, 2.45) is 0 Å². The molecule has 13 heavy (non-hydrogen) atoms. The van der Waals surface area contributed by atoms with Crippen LogP contribution in [0, 0.1) is 0 Å². The van der Waals surface area contributed by atoms with Crippen LogP contribution in [0.4, 0.5) is 0 Å². The maximum atomic E-state index is 2.52. The Hall–Kier alpha value is 0.860. The van der Waals surface area contributed by atoms with Gasteiger partial charge in [0.15, 0.2) is 0 Å². The zero-order chi connectivity index (χ0) is 10.5. The van der Waals surface area contributed by atoms with Crippen molar-refractivity contribution in [3.05, 3.63) is 0 Å².